The number of amides is 1. The number of nitrogens with zero attached hydrogens (tertiary/aromatic N) is 2. The van der Waals surface area contributed by atoms with Gasteiger partial charge in [0.1, 0.15) is 4.83 Å². The van der Waals surface area contributed by atoms with Gasteiger partial charge in [-0.1, -0.05) is 32.0 Å². The van der Waals surface area contributed by atoms with Crippen LogP contribution in [0.25, 0.3) is 10.2 Å². The summed E-state index contributed by atoms with van der Waals surface area (Å²) in [6, 6.07) is 8.40. The molecule has 0 unspecified atom stereocenters. The van der Waals surface area contributed by atoms with E-state index >= 15 is 0 Å². The van der Waals surface area contributed by atoms with Gasteiger partial charge in [-0.15, -0.1) is 23.7 Å². The molecule has 7 heteroatoms. The predicted octanol–water partition coefficient (Wildman–Crippen LogP) is 3.71. The topological polar surface area (TPSA) is 59.0 Å². The molecule has 26 heavy (non-hydrogen) atoms. The summed E-state index contributed by atoms with van der Waals surface area (Å²) in [6.45, 7) is 6.66. The molecule has 0 aliphatic carbocycles. The van der Waals surface area contributed by atoms with Crippen LogP contribution in [-0.2, 0) is 26.7 Å². The molecule has 0 bridgehead atoms. The highest BCUT2D eigenvalue weighted by Gasteiger charge is 2.18. The fraction of sp³-hybridized carbons (Fsp3) is 0.368. The minimum Gasteiger partial charge on any atom is -0.347 e. The molecule has 0 fully saturated rings. The zero-order chi connectivity index (χ0) is 17.6. The molecule has 1 aliphatic rings. The molecule has 2 N–H and O–H groups in total. The van der Waals surface area contributed by atoms with E-state index in [-0.39, 0.29) is 18.3 Å². The molecule has 5 nitrogen and oxygen atoms in total. The van der Waals surface area contributed by atoms with Crippen molar-refractivity contribution in [3.05, 3.63) is 51.5 Å². The van der Waals surface area contributed by atoms with Crippen molar-refractivity contribution in [2.45, 2.75) is 39.4 Å². The van der Waals surface area contributed by atoms with E-state index in [4.69, 9.17) is 0 Å². The van der Waals surface area contributed by atoms with E-state index in [1.54, 1.807) is 0 Å². The van der Waals surface area contributed by atoms with Gasteiger partial charge in [-0.3, -0.25) is 9.48 Å². The Balaban J connectivity index is 0.00000196. The number of aromatic nitrogens is 2. The van der Waals surface area contributed by atoms with Crippen LogP contribution in [0.3, 0.4) is 0 Å². The number of aryl methyl sites for hydroxylation is 1. The highest BCUT2D eigenvalue weighted by atomic mass is 35.5. The van der Waals surface area contributed by atoms with Crippen molar-refractivity contribution in [3.8, 4) is 0 Å². The molecule has 1 aliphatic heterocycles. The first-order chi connectivity index (χ1) is 12.0. The van der Waals surface area contributed by atoms with Crippen LogP contribution in [0.1, 0.15) is 51.8 Å². The molecule has 0 spiro atoms. The molecule has 2 aromatic heterocycles. The molecule has 3 aromatic rings. The molecule has 4 rings (SSSR count). The second-order valence-electron chi connectivity index (χ2n) is 6.88. The van der Waals surface area contributed by atoms with E-state index in [9.17, 15) is 4.79 Å². The van der Waals surface area contributed by atoms with Crippen molar-refractivity contribution in [2.24, 2.45) is 7.05 Å². The van der Waals surface area contributed by atoms with Crippen LogP contribution in [0.4, 0.5) is 0 Å². The Bertz CT molecular complexity index is 960. The average Bonchev–Trinajstić information content (AvgIpc) is 3.28. The zero-order valence-electron chi connectivity index (χ0n) is 15.1. The first kappa shape index (κ1) is 18.9. The van der Waals surface area contributed by atoms with Crippen LogP contribution in [0.5, 0.6) is 0 Å². The summed E-state index contributed by atoms with van der Waals surface area (Å²) in [6.07, 6.45) is 0. The number of rotatable bonds is 4. The van der Waals surface area contributed by atoms with E-state index in [1.807, 2.05) is 17.8 Å². The van der Waals surface area contributed by atoms with E-state index < -0.39 is 0 Å². The SMILES string of the molecule is CC(C)c1nn(C)c2sc(C(=O)NCc3ccc4c(c3)CNC4)cc12.Cl. The molecule has 1 aromatic carbocycles. The van der Waals surface area contributed by atoms with Gasteiger partial charge in [0.25, 0.3) is 5.91 Å². The third-order valence-corrected chi connectivity index (χ3v) is 5.87. The van der Waals surface area contributed by atoms with Gasteiger partial charge < -0.3 is 10.6 Å². The average molecular weight is 391 g/mol. The molecule has 138 valence electrons. The second kappa shape index (κ2) is 7.39. The van der Waals surface area contributed by atoms with Gasteiger partial charge in [-0.2, -0.15) is 5.10 Å². The Kier molecular flexibility index (Phi) is 5.37. The number of benzene rings is 1. The number of nitrogens with one attached hydrogen (secondary N) is 2. The minimum atomic E-state index is -0.0190. The quantitative estimate of drug-likeness (QED) is 0.713. The summed E-state index contributed by atoms with van der Waals surface area (Å²) in [5.74, 6) is 0.323. The Morgan fingerprint density at radius 2 is 2.08 bits per heavy atom. The normalized spacial score (nSPS) is 13.1. The van der Waals surface area contributed by atoms with Crippen molar-refractivity contribution in [3.63, 3.8) is 0 Å². The molecule has 0 saturated carbocycles. The Labute approximate surface area is 163 Å². The van der Waals surface area contributed by atoms with Crippen LogP contribution in [0.2, 0.25) is 0 Å². The van der Waals surface area contributed by atoms with E-state index in [2.05, 4.69) is 47.8 Å². The Hall–Kier alpha value is -1.89. The first-order valence-electron chi connectivity index (χ1n) is 8.59. The number of fused-ring (bicyclic) bond motifs is 2. The fourth-order valence-electron chi connectivity index (χ4n) is 3.33. The van der Waals surface area contributed by atoms with Crippen molar-refractivity contribution in [1.29, 1.82) is 0 Å². The van der Waals surface area contributed by atoms with Crippen LogP contribution in [-0.4, -0.2) is 15.7 Å². The number of carbonyl (C=O) groups excluding carboxylic acids is 1. The van der Waals surface area contributed by atoms with Gasteiger partial charge in [0.05, 0.1) is 10.6 Å². The lowest BCUT2D eigenvalue weighted by molar-refractivity contribution is 0.0955. The standard InChI is InChI=1S/C19H22N4OS.ClH/c1-11(2)17-15-7-16(25-19(15)23(3)22-17)18(24)21-8-12-4-5-13-9-20-10-14(13)6-12;/h4-7,11,20H,8-10H2,1-3H3,(H,21,24);1H. The van der Waals surface area contributed by atoms with Gasteiger partial charge >= 0.3 is 0 Å². The number of hydrogen-bond acceptors (Lipinski definition) is 4. The van der Waals surface area contributed by atoms with E-state index in [1.165, 1.54) is 22.5 Å². The van der Waals surface area contributed by atoms with Gasteiger partial charge in [-0.05, 0) is 28.7 Å². The maximum Gasteiger partial charge on any atom is 0.261 e. The van der Waals surface area contributed by atoms with Crippen molar-refractivity contribution >= 4 is 39.9 Å². The van der Waals surface area contributed by atoms with E-state index in [0.29, 0.717) is 12.5 Å². The summed E-state index contributed by atoms with van der Waals surface area (Å²) in [4.78, 5) is 14.4. The largest absolute Gasteiger partial charge is 0.347 e. The van der Waals surface area contributed by atoms with Crippen LogP contribution in [0.15, 0.2) is 24.3 Å². The molecule has 0 saturated heterocycles. The van der Waals surface area contributed by atoms with Crippen molar-refractivity contribution in [1.82, 2.24) is 20.4 Å². The lowest BCUT2D eigenvalue weighted by Crippen LogP contribution is -2.21. The predicted molar refractivity (Wildman–Crippen MR) is 108 cm³/mol. The van der Waals surface area contributed by atoms with Crippen molar-refractivity contribution < 1.29 is 4.79 Å². The third kappa shape index (κ3) is 3.37. The molecular formula is C19H23ClN4OS. The zero-order valence-corrected chi connectivity index (χ0v) is 16.8. The summed E-state index contributed by atoms with van der Waals surface area (Å²) < 4.78 is 1.87. The minimum absolute atomic E-state index is 0. The first-order valence-corrected chi connectivity index (χ1v) is 9.40. The van der Waals surface area contributed by atoms with Gasteiger partial charge in [0.2, 0.25) is 0 Å². The van der Waals surface area contributed by atoms with Gasteiger partial charge in [-0.25, -0.2) is 0 Å². The maximum absolute atomic E-state index is 12.6. The Morgan fingerprint density at radius 3 is 2.85 bits per heavy atom. The second-order valence-corrected chi connectivity index (χ2v) is 7.91. The number of thiophene rings is 1. The lowest BCUT2D eigenvalue weighted by atomic mass is 10.1. The molecule has 3 heterocycles. The van der Waals surface area contributed by atoms with Crippen LogP contribution < -0.4 is 10.6 Å². The molecular weight excluding hydrogens is 368 g/mol. The van der Waals surface area contributed by atoms with Gasteiger partial charge in [0.15, 0.2) is 0 Å². The summed E-state index contributed by atoms with van der Waals surface area (Å²) in [5, 5.41) is 12.0. The fourth-order valence-corrected chi connectivity index (χ4v) is 4.33. The molecule has 1 amide bonds. The highest BCUT2D eigenvalue weighted by molar-refractivity contribution is 7.20. The summed E-state index contributed by atoms with van der Waals surface area (Å²) in [5.41, 5.74) is 4.88. The monoisotopic (exact) mass is 390 g/mol. The number of halogens is 1. The van der Waals surface area contributed by atoms with Crippen LogP contribution >= 0.6 is 23.7 Å². The molecule has 0 radical (unpaired) electrons. The smallest absolute Gasteiger partial charge is 0.261 e. The van der Waals surface area contributed by atoms with E-state index in [0.717, 1.165) is 39.4 Å². The maximum atomic E-state index is 12.6. The lowest BCUT2D eigenvalue weighted by Gasteiger charge is -2.06. The highest BCUT2D eigenvalue weighted by Crippen LogP contribution is 2.31. The van der Waals surface area contributed by atoms with Crippen molar-refractivity contribution in [2.75, 3.05) is 0 Å². The summed E-state index contributed by atoms with van der Waals surface area (Å²) >= 11 is 1.50. The summed E-state index contributed by atoms with van der Waals surface area (Å²) in [7, 11) is 1.94. The molecule has 0 atom stereocenters. The number of hydrogen-bond donors (Lipinski definition) is 2. The number of carbonyl (C=O) groups is 1. The van der Waals surface area contributed by atoms with Crippen LogP contribution in [0, 0.1) is 0 Å². The van der Waals surface area contributed by atoms with Gasteiger partial charge in [0, 0.05) is 32.1 Å². The third-order valence-electron chi connectivity index (χ3n) is 4.67. The Morgan fingerprint density at radius 1 is 1.31 bits per heavy atom.